The fourth-order valence-corrected chi connectivity index (χ4v) is 3.10. The number of nitrogens with two attached hydrogens (primary N) is 1. The lowest BCUT2D eigenvalue weighted by molar-refractivity contribution is 0.616. The molecule has 0 radical (unpaired) electrons. The van der Waals surface area contributed by atoms with Crippen molar-refractivity contribution < 1.29 is 0 Å². The third-order valence-corrected chi connectivity index (χ3v) is 4.02. The summed E-state index contributed by atoms with van der Waals surface area (Å²) in [7, 11) is 0. The minimum Gasteiger partial charge on any atom is -0.369 e. The summed E-state index contributed by atoms with van der Waals surface area (Å²) >= 11 is 3.58. The Morgan fingerprint density at radius 3 is 2.88 bits per heavy atom. The van der Waals surface area contributed by atoms with Crippen LogP contribution >= 0.6 is 15.9 Å². The van der Waals surface area contributed by atoms with E-state index in [1.165, 1.54) is 43.5 Å². The first-order valence-electron chi connectivity index (χ1n) is 6.47. The third-order valence-electron chi connectivity index (χ3n) is 3.56. The predicted octanol–water partition coefficient (Wildman–Crippen LogP) is 3.68. The van der Waals surface area contributed by atoms with Crippen LogP contribution in [0.2, 0.25) is 0 Å². The second-order valence-corrected chi connectivity index (χ2v) is 5.83. The second kappa shape index (κ2) is 5.87. The molecule has 1 aliphatic rings. The van der Waals surface area contributed by atoms with Gasteiger partial charge in [0.1, 0.15) is 0 Å². The Balaban J connectivity index is 2.27. The SMILES string of the molecule is CC1CCCCCN1c1cc(Br)cc(CN)c1. The monoisotopic (exact) mass is 296 g/mol. The lowest BCUT2D eigenvalue weighted by atomic mass is 10.1. The van der Waals surface area contributed by atoms with Crippen LogP contribution in [-0.2, 0) is 6.54 Å². The van der Waals surface area contributed by atoms with Crippen LogP contribution in [0, 0.1) is 0 Å². The van der Waals surface area contributed by atoms with Gasteiger partial charge in [-0.2, -0.15) is 0 Å². The van der Waals surface area contributed by atoms with Gasteiger partial charge in [0.05, 0.1) is 0 Å². The van der Waals surface area contributed by atoms with Crippen molar-refractivity contribution in [2.24, 2.45) is 5.73 Å². The van der Waals surface area contributed by atoms with E-state index in [0.717, 1.165) is 4.47 Å². The topological polar surface area (TPSA) is 29.3 Å². The zero-order chi connectivity index (χ0) is 12.3. The van der Waals surface area contributed by atoms with E-state index in [9.17, 15) is 0 Å². The van der Waals surface area contributed by atoms with Crippen molar-refractivity contribution in [3.05, 3.63) is 28.2 Å². The zero-order valence-corrected chi connectivity index (χ0v) is 12.0. The van der Waals surface area contributed by atoms with Crippen LogP contribution in [0.4, 0.5) is 5.69 Å². The number of hydrogen-bond donors (Lipinski definition) is 1. The number of anilines is 1. The quantitative estimate of drug-likeness (QED) is 0.902. The lowest BCUT2D eigenvalue weighted by Crippen LogP contribution is -2.32. The largest absolute Gasteiger partial charge is 0.369 e. The summed E-state index contributed by atoms with van der Waals surface area (Å²) in [5.74, 6) is 0. The van der Waals surface area contributed by atoms with Gasteiger partial charge >= 0.3 is 0 Å². The normalized spacial score (nSPS) is 21.4. The van der Waals surface area contributed by atoms with E-state index < -0.39 is 0 Å². The first kappa shape index (κ1) is 12.9. The van der Waals surface area contributed by atoms with Crippen molar-refractivity contribution in [2.75, 3.05) is 11.4 Å². The number of halogens is 1. The number of hydrogen-bond acceptors (Lipinski definition) is 2. The van der Waals surface area contributed by atoms with Gasteiger partial charge in [0.2, 0.25) is 0 Å². The van der Waals surface area contributed by atoms with Crippen molar-refractivity contribution in [3.8, 4) is 0 Å². The molecular formula is C14H21BrN2. The van der Waals surface area contributed by atoms with Gasteiger partial charge in [-0.05, 0) is 43.5 Å². The summed E-state index contributed by atoms with van der Waals surface area (Å²) in [5, 5.41) is 0. The first-order chi connectivity index (χ1) is 8.20. The highest BCUT2D eigenvalue weighted by atomic mass is 79.9. The molecule has 1 heterocycles. The standard InChI is InChI=1S/C14H21BrN2/c1-11-5-3-2-4-6-17(11)14-8-12(10-16)7-13(15)9-14/h7-9,11H,2-6,10,16H2,1H3. The van der Waals surface area contributed by atoms with E-state index in [1.54, 1.807) is 0 Å². The highest BCUT2D eigenvalue weighted by molar-refractivity contribution is 9.10. The minimum atomic E-state index is 0.606. The molecule has 1 unspecified atom stereocenters. The smallest absolute Gasteiger partial charge is 0.0383 e. The molecule has 0 amide bonds. The molecule has 94 valence electrons. The second-order valence-electron chi connectivity index (χ2n) is 4.91. The van der Waals surface area contributed by atoms with Gasteiger partial charge in [0.25, 0.3) is 0 Å². The Labute approximate surface area is 112 Å². The molecule has 1 atom stereocenters. The summed E-state index contributed by atoms with van der Waals surface area (Å²) in [4.78, 5) is 2.52. The number of nitrogens with zero attached hydrogens (tertiary/aromatic N) is 1. The maximum absolute atomic E-state index is 5.74. The van der Waals surface area contributed by atoms with Crippen LogP contribution in [-0.4, -0.2) is 12.6 Å². The molecule has 0 saturated carbocycles. The van der Waals surface area contributed by atoms with Crippen LogP contribution in [0.25, 0.3) is 0 Å². The molecule has 2 rings (SSSR count). The Morgan fingerprint density at radius 2 is 2.12 bits per heavy atom. The van der Waals surface area contributed by atoms with E-state index in [2.05, 4.69) is 46.0 Å². The van der Waals surface area contributed by atoms with Gasteiger partial charge in [-0.15, -0.1) is 0 Å². The summed E-state index contributed by atoms with van der Waals surface area (Å²) in [6.07, 6.45) is 5.31. The third kappa shape index (κ3) is 3.23. The Kier molecular flexibility index (Phi) is 4.46. The van der Waals surface area contributed by atoms with Gasteiger partial charge in [0.15, 0.2) is 0 Å². The van der Waals surface area contributed by atoms with Crippen molar-refractivity contribution in [3.63, 3.8) is 0 Å². The van der Waals surface area contributed by atoms with E-state index in [0.29, 0.717) is 12.6 Å². The highest BCUT2D eigenvalue weighted by Gasteiger charge is 2.17. The predicted molar refractivity (Wildman–Crippen MR) is 77.3 cm³/mol. The van der Waals surface area contributed by atoms with Crippen LogP contribution < -0.4 is 10.6 Å². The first-order valence-corrected chi connectivity index (χ1v) is 7.26. The molecule has 1 fully saturated rings. The molecule has 0 bridgehead atoms. The van der Waals surface area contributed by atoms with Gasteiger partial charge in [-0.25, -0.2) is 0 Å². The molecule has 1 aromatic rings. The van der Waals surface area contributed by atoms with Crippen molar-refractivity contribution in [1.82, 2.24) is 0 Å². The fourth-order valence-electron chi connectivity index (χ4n) is 2.58. The molecule has 0 aliphatic carbocycles. The summed E-state index contributed by atoms with van der Waals surface area (Å²) in [6, 6.07) is 7.18. The highest BCUT2D eigenvalue weighted by Crippen LogP contribution is 2.28. The Bertz CT molecular complexity index is 378. The van der Waals surface area contributed by atoms with Crippen LogP contribution in [0.3, 0.4) is 0 Å². The minimum absolute atomic E-state index is 0.606. The van der Waals surface area contributed by atoms with Gasteiger partial charge < -0.3 is 10.6 Å². The van der Waals surface area contributed by atoms with Crippen molar-refractivity contribution >= 4 is 21.6 Å². The fraction of sp³-hybridized carbons (Fsp3) is 0.571. The molecule has 0 spiro atoms. The van der Waals surface area contributed by atoms with Crippen LogP contribution in [0.1, 0.15) is 38.2 Å². The molecule has 0 aromatic heterocycles. The summed E-state index contributed by atoms with van der Waals surface area (Å²) in [6.45, 7) is 4.10. The molecule has 1 aromatic carbocycles. The van der Waals surface area contributed by atoms with Gasteiger partial charge in [-0.3, -0.25) is 0 Å². The summed E-state index contributed by atoms with van der Waals surface area (Å²) in [5.41, 5.74) is 8.26. The Hall–Kier alpha value is -0.540. The van der Waals surface area contributed by atoms with E-state index in [1.807, 2.05) is 0 Å². The molecule has 3 heteroatoms. The molecule has 2 N–H and O–H groups in total. The summed E-state index contributed by atoms with van der Waals surface area (Å²) < 4.78 is 1.13. The average molecular weight is 297 g/mol. The van der Waals surface area contributed by atoms with E-state index in [-0.39, 0.29) is 0 Å². The van der Waals surface area contributed by atoms with Gasteiger partial charge in [0, 0.05) is 29.3 Å². The molecule has 2 nitrogen and oxygen atoms in total. The van der Waals surface area contributed by atoms with Crippen LogP contribution in [0.5, 0.6) is 0 Å². The zero-order valence-electron chi connectivity index (χ0n) is 10.5. The van der Waals surface area contributed by atoms with Crippen LogP contribution in [0.15, 0.2) is 22.7 Å². The molecular weight excluding hydrogens is 276 g/mol. The number of benzene rings is 1. The maximum Gasteiger partial charge on any atom is 0.0383 e. The van der Waals surface area contributed by atoms with Gasteiger partial charge in [-0.1, -0.05) is 28.8 Å². The number of rotatable bonds is 2. The van der Waals surface area contributed by atoms with Crippen molar-refractivity contribution in [2.45, 2.75) is 45.2 Å². The molecule has 1 saturated heterocycles. The Morgan fingerprint density at radius 1 is 1.29 bits per heavy atom. The lowest BCUT2D eigenvalue weighted by Gasteiger charge is -2.30. The molecule has 17 heavy (non-hydrogen) atoms. The maximum atomic E-state index is 5.74. The van der Waals surface area contributed by atoms with E-state index in [4.69, 9.17) is 5.73 Å². The average Bonchev–Trinajstić information content (AvgIpc) is 2.53. The van der Waals surface area contributed by atoms with Crippen molar-refractivity contribution in [1.29, 1.82) is 0 Å². The van der Waals surface area contributed by atoms with E-state index >= 15 is 0 Å². The molecule has 1 aliphatic heterocycles.